The second-order valence-corrected chi connectivity index (χ2v) is 7.07. The van der Waals surface area contributed by atoms with E-state index in [1.165, 1.54) is 0 Å². The maximum Gasteiger partial charge on any atom is 0.260 e. The molecule has 3 aromatic rings. The SMILES string of the molecule is CCc1noc(-c2ccccc2NC(=O)C2CC(=O)N(Cc3ccccc3)C2)n1. The van der Waals surface area contributed by atoms with Crippen molar-refractivity contribution >= 4 is 17.5 Å². The molecule has 29 heavy (non-hydrogen) atoms. The highest BCUT2D eigenvalue weighted by Crippen LogP contribution is 2.28. The summed E-state index contributed by atoms with van der Waals surface area (Å²) in [6, 6.07) is 17.1. The molecular formula is C22H22N4O3. The summed E-state index contributed by atoms with van der Waals surface area (Å²) in [5.74, 6) is 0.390. The van der Waals surface area contributed by atoms with Crippen LogP contribution < -0.4 is 5.32 Å². The molecule has 0 radical (unpaired) electrons. The summed E-state index contributed by atoms with van der Waals surface area (Å²) in [4.78, 5) is 31.3. The second-order valence-electron chi connectivity index (χ2n) is 7.07. The first kappa shape index (κ1) is 18.9. The van der Waals surface area contributed by atoms with E-state index in [-0.39, 0.29) is 18.2 Å². The van der Waals surface area contributed by atoms with Crippen molar-refractivity contribution in [3.63, 3.8) is 0 Å². The molecule has 2 amide bonds. The Hall–Kier alpha value is -3.48. The Morgan fingerprint density at radius 1 is 1.17 bits per heavy atom. The monoisotopic (exact) mass is 390 g/mol. The van der Waals surface area contributed by atoms with Gasteiger partial charge in [-0.15, -0.1) is 0 Å². The molecule has 1 aliphatic heterocycles. The highest BCUT2D eigenvalue weighted by molar-refractivity contribution is 5.99. The maximum absolute atomic E-state index is 12.8. The maximum atomic E-state index is 12.8. The van der Waals surface area contributed by atoms with Gasteiger partial charge in [0, 0.05) is 25.9 Å². The zero-order valence-electron chi connectivity index (χ0n) is 16.2. The van der Waals surface area contributed by atoms with Crippen molar-refractivity contribution in [3.05, 3.63) is 66.0 Å². The zero-order chi connectivity index (χ0) is 20.2. The lowest BCUT2D eigenvalue weighted by Gasteiger charge is -2.17. The van der Waals surface area contributed by atoms with Gasteiger partial charge in [0.2, 0.25) is 11.8 Å². The Morgan fingerprint density at radius 2 is 1.93 bits per heavy atom. The normalized spacial score (nSPS) is 16.2. The first-order valence-corrected chi connectivity index (χ1v) is 9.68. The molecule has 1 unspecified atom stereocenters. The number of likely N-dealkylation sites (tertiary alicyclic amines) is 1. The third kappa shape index (κ3) is 4.18. The molecular weight excluding hydrogens is 368 g/mol. The molecule has 1 atom stereocenters. The van der Waals surface area contributed by atoms with Gasteiger partial charge in [-0.05, 0) is 17.7 Å². The van der Waals surface area contributed by atoms with Gasteiger partial charge in [0.1, 0.15) is 0 Å². The molecule has 7 nitrogen and oxygen atoms in total. The number of para-hydroxylation sites is 1. The van der Waals surface area contributed by atoms with E-state index >= 15 is 0 Å². The first-order valence-electron chi connectivity index (χ1n) is 9.68. The molecule has 0 saturated carbocycles. The number of hydrogen-bond donors (Lipinski definition) is 1. The predicted molar refractivity (Wildman–Crippen MR) is 108 cm³/mol. The molecule has 0 bridgehead atoms. The van der Waals surface area contributed by atoms with Crippen molar-refractivity contribution in [2.45, 2.75) is 26.3 Å². The van der Waals surface area contributed by atoms with Gasteiger partial charge in [0.15, 0.2) is 5.82 Å². The van der Waals surface area contributed by atoms with E-state index in [2.05, 4.69) is 15.5 Å². The van der Waals surface area contributed by atoms with E-state index in [0.717, 1.165) is 5.56 Å². The number of aryl methyl sites for hydroxylation is 1. The van der Waals surface area contributed by atoms with Crippen LogP contribution in [0.25, 0.3) is 11.5 Å². The number of carbonyl (C=O) groups excluding carboxylic acids is 2. The molecule has 2 heterocycles. The van der Waals surface area contributed by atoms with Crippen molar-refractivity contribution in [2.24, 2.45) is 5.92 Å². The number of nitrogens with one attached hydrogen (secondary N) is 1. The van der Waals surface area contributed by atoms with Crippen molar-refractivity contribution < 1.29 is 14.1 Å². The van der Waals surface area contributed by atoms with Crippen molar-refractivity contribution in [1.29, 1.82) is 0 Å². The molecule has 1 aromatic heterocycles. The molecule has 1 saturated heterocycles. The van der Waals surface area contributed by atoms with Gasteiger partial charge in [0.25, 0.3) is 5.89 Å². The predicted octanol–water partition coefficient (Wildman–Crippen LogP) is 3.29. The van der Waals surface area contributed by atoms with Crippen molar-refractivity contribution in [2.75, 3.05) is 11.9 Å². The fourth-order valence-electron chi connectivity index (χ4n) is 3.42. The quantitative estimate of drug-likeness (QED) is 0.698. The summed E-state index contributed by atoms with van der Waals surface area (Å²) in [7, 11) is 0. The zero-order valence-corrected chi connectivity index (χ0v) is 16.2. The van der Waals surface area contributed by atoms with Gasteiger partial charge in [-0.1, -0.05) is 54.5 Å². The number of nitrogens with zero attached hydrogens (tertiary/aromatic N) is 3. The third-order valence-electron chi connectivity index (χ3n) is 5.00. The molecule has 1 N–H and O–H groups in total. The van der Waals surface area contributed by atoms with Gasteiger partial charge in [-0.3, -0.25) is 9.59 Å². The number of amides is 2. The average Bonchev–Trinajstić information content (AvgIpc) is 3.36. The van der Waals surface area contributed by atoms with Crippen LogP contribution in [0.15, 0.2) is 59.1 Å². The Kier molecular flexibility index (Phi) is 5.37. The summed E-state index contributed by atoms with van der Waals surface area (Å²) < 4.78 is 5.32. The number of carbonyl (C=O) groups is 2. The van der Waals surface area contributed by atoms with E-state index in [4.69, 9.17) is 4.52 Å². The van der Waals surface area contributed by atoms with Crippen LogP contribution in [0.3, 0.4) is 0 Å². The van der Waals surface area contributed by atoms with Gasteiger partial charge in [0.05, 0.1) is 17.2 Å². The Balaban J connectivity index is 1.46. The van der Waals surface area contributed by atoms with E-state index in [0.29, 0.717) is 42.5 Å². The highest BCUT2D eigenvalue weighted by Gasteiger charge is 2.34. The van der Waals surface area contributed by atoms with Crippen molar-refractivity contribution in [1.82, 2.24) is 15.0 Å². The number of anilines is 1. The van der Waals surface area contributed by atoms with E-state index in [1.807, 2.05) is 55.5 Å². The fraction of sp³-hybridized carbons (Fsp3) is 0.273. The lowest BCUT2D eigenvalue weighted by atomic mass is 10.1. The van der Waals surface area contributed by atoms with Gasteiger partial charge in [-0.2, -0.15) is 4.98 Å². The average molecular weight is 390 g/mol. The number of benzene rings is 2. The summed E-state index contributed by atoms with van der Waals surface area (Å²) in [5, 5.41) is 6.86. The van der Waals surface area contributed by atoms with Crippen molar-refractivity contribution in [3.8, 4) is 11.5 Å². The minimum atomic E-state index is -0.395. The molecule has 1 aliphatic rings. The summed E-state index contributed by atoms with van der Waals surface area (Å²) in [6.07, 6.45) is 0.876. The summed E-state index contributed by atoms with van der Waals surface area (Å²) >= 11 is 0. The highest BCUT2D eigenvalue weighted by atomic mass is 16.5. The van der Waals surface area contributed by atoms with Gasteiger partial charge in [-0.25, -0.2) is 0 Å². The number of aromatic nitrogens is 2. The smallest absolute Gasteiger partial charge is 0.260 e. The third-order valence-corrected chi connectivity index (χ3v) is 5.00. The van der Waals surface area contributed by atoms with E-state index < -0.39 is 5.92 Å². The Morgan fingerprint density at radius 3 is 2.69 bits per heavy atom. The minimum absolute atomic E-state index is 0.00761. The minimum Gasteiger partial charge on any atom is -0.338 e. The molecule has 1 fully saturated rings. The number of hydrogen-bond acceptors (Lipinski definition) is 5. The second kappa shape index (κ2) is 8.26. The van der Waals surface area contributed by atoms with Crippen LogP contribution in [0.5, 0.6) is 0 Å². The number of rotatable bonds is 6. The summed E-state index contributed by atoms with van der Waals surface area (Å²) in [6.45, 7) is 2.87. The van der Waals surface area contributed by atoms with Crippen LogP contribution in [0, 0.1) is 5.92 Å². The van der Waals surface area contributed by atoms with Crippen LogP contribution >= 0.6 is 0 Å². The van der Waals surface area contributed by atoms with E-state index in [1.54, 1.807) is 11.0 Å². The van der Waals surface area contributed by atoms with Crippen LogP contribution in [-0.2, 0) is 22.6 Å². The Labute approximate surface area is 168 Å². The van der Waals surface area contributed by atoms with Gasteiger partial charge < -0.3 is 14.7 Å². The molecule has 148 valence electrons. The molecule has 7 heteroatoms. The molecule has 4 rings (SSSR count). The summed E-state index contributed by atoms with van der Waals surface area (Å²) in [5.41, 5.74) is 2.31. The lowest BCUT2D eigenvalue weighted by Crippen LogP contribution is -2.28. The Bertz CT molecular complexity index is 1020. The lowest BCUT2D eigenvalue weighted by molar-refractivity contribution is -0.128. The standard InChI is InChI=1S/C22H22N4O3/c1-2-19-24-22(29-25-19)17-10-6-7-11-18(17)23-21(28)16-12-20(27)26(14-16)13-15-8-4-3-5-9-15/h3-11,16H,2,12-14H2,1H3,(H,23,28). The van der Waals surface area contributed by atoms with Crippen LogP contribution in [0.1, 0.15) is 24.7 Å². The van der Waals surface area contributed by atoms with Gasteiger partial charge >= 0.3 is 0 Å². The first-order chi connectivity index (χ1) is 14.1. The largest absolute Gasteiger partial charge is 0.338 e. The van der Waals surface area contributed by atoms with E-state index in [9.17, 15) is 9.59 Å². The molecule has 2 aromatic carbocycles. The topological polar surface area (TPSA) is 88.3 Å². The molecule has 0 aliphatic carbocycles. The van der Waals surface area contributed by atoms with Crippen LogP contribution in [0.2, 0.25) is 0 Å². The van der Waals surface area contributed by atoms with Crippen LogP contribution in [0.4, 0.5) is 5.69 Å². The fourth-order valence-corrected chi connectivity index (χ4v) is 3.42. The molecule has 0 spiro atoms. The van der Waals surface area contributed by atoms with Crippen LogP contribution in [-0.4, -0.2) is 33.4 Å².